The lowest BCUT2D eigenvalue weighted by atomic mass is 10.3. The quantitative estimate of drug-likeness (QED) is 0.674. The lowest BCUT2D eigenvalue weighted by Crippen LogP contribution is -2.16. The van der Waals surface area contributed by atoms with E-state index >= 15 is 0 Å². The van der Waals surface area contributed by atoms with Gasteiger partial charge in [0.15, 0.2) is 11.6 Å². The van der Waals surface area contributed by atoms with Crippen LogP contribution in [-0.2, 0) is 10.0 Å². The molecule has 0 atom stereocenters. The summed E-state index contributed by atoms with van der Waals surface area (Å²) in [6.45, 7) is 3.20. The molecule has 0 aliphatic carbocycles. The highest BCUT2D eigenvalue weighted by molar-refractivity contribution is 7.92. The van der Waals surface area contributed by atoms with Gasteiger partial charge in [-0.3, -0.25) is 4.72 Å². The SMILES string of the molecule is Cc1nc(Oc2ccccc2F)nc(C)c1NS(=O)(=O)c1ccc(Cl)cc1. The van der Waals surface area contributed by atoms with Gasteiger partial charge >= 0.3 is 6.01 Å². The van der Waals surface area contributed by atoms with Crippen molar-refractivity contribution in [2.45, 2.75) is 18.7 Å². The van der Waals surface area contributed by atoms with Crippen molar-refractivity contribution in [1.82, 2.24) is 9.97 Å². The molecule has 0 fully saturated rings. The predicted molar refractivity (Wildman–Crippen MR) is 100 cm³/mol. The number of aromatic nitrogens is 2. The summed E-state index contributed by atoms with van der Waals surface area (Å²) in [5.74, 6) is -0.574. The fourth-order valence-corrected chi connectivity index (χ4v) is 3.61. The highest BCUT2D eigenvalue weighted by Crippen LogP contribution is 2.27. The Kier molecular flexibility index (Phi) is 5.29. The third-order valence-electron chi connectivity index (χ3n) is 3.65. The second kappa shape index (κ2) is 7.50. The Hall–Kier alpha value is -2.71. The number of nitrogens with zero attached hydrogens (tertiary/aromatic N) is 2. The van der Waals surface area contributed by atoms with E-state index < -0.39 is 15.8 Å². The molecule has 6 nitrogen and oxygen atoms in total. The van der Waals surface area contributed by atoms with E-state index in [4.69, 9.17) is 16.3 Å². The van der Waals surface area contributed by atoms with Crippen LogP contribution in [0.1, 0.15) is 11.4 Å². The van der Waals surface area contributed by atoms with Crippen molar-refractivity contribution >= 4 is 27.3 Å². The van der Waals surface area contributed by atoms with Gasteiger partial charge in [-0.25, -0.2) is 12.8 Å². The van der Waals surface area contributed by atoms with E-state index in [1.54, 1.807) is 19.9 Å². The van der Waals surface area contributed by atoms with Gasteiger partial charge in [0.05, 0.1) is 22.0 Å². The number of para-hydroxylation sites is 1. The second-order valence-electron chi connectivity index (χ2n) is 5.64. The number of hydrogen-bond acceptors (Lipinski definition) is 5. The van der Waals surface area contributed by atoms with Crippen LogP contribution in [0.2, 0.25) is 5.02 Å². The second-order valence-corrected chi connectivity index (χ2v) is 7.76. The highest BCUT2D eigenvalue weighted by Gasteiger charge is 2.19. The van der Waals surface area contributed by atoms with Crippen molar-refractivity contribution in [3.8, 4) is 11.8 Å². The fraction of sp³-hybridized carbons (Fsp3) is 0.111. The van der Waals surface area contributed by atoms with Gasteiger partial charge in [-0.05, 0) is 50.2 Å². The highest BCUT2D eigenvalue weighted by atomic mass is 35.5. The number of rotatable bonds is 5. The van der Waals surface area contributed by atoms with Gasteiger partial charge in [0.1, 0.15) is 0 Å². The zero-order valence-electron chi connectivity index (χ0n) is 14.4. The lowest BCUT2D eigenvalue weighted by molar-refractivity contribution is 0.409. The van der Waals surface area contributed by atoms with Crippen LogP contribution in [0.5, 0.6) is 11.8 Å². The molecule has 3 rings (SSSR count). The van der Waals surface area contributed by atoms with Crippen molar-refractivity contribution in [2.24, 2.45) is 0 Å². The molecule has 0 aliphatic heterocycles. The molecule has 1 aromatic heterocycles. The minimum Gasteiger partial charge on any atom is -0.421 e. The van der Waals surface area contributed by atoms with Crippen LogP contribution in [0.15, 0.2) is 53.4 Å². The topological polar surface area (TPSA) is 81.2 Å². The molecule has 0 bridgehead atoms. The summed E-state index contributed by atoms with van der Waals surface area (Å²) in [4.78, 5) is 8.28. The van der Waals surface area contributed by atoms with E-state index in [1.165, 1.54) is 42.5 Å². The average molecular weight is 408 g/mol. The maximum absolute atomic E-state index is 13.7. The summed E-state index contributed by atoms with van der Waals surface area (Å²) in [6, 6.07) is 11.5. The minimum atomic E-state index is -3.84. The molecule has 0 saturated carbocycles. The summed E-state index contributed by atoms with van der Waals surface area (Å²) >= 11 is 5.79. The van der Waals surface area contributed by atoms with E-state index in [0.29, 0.717) is 16.4 Å². The smallest absolute Gasteiger partial charge is 0.322 e. The number of sulfonamides is 1. The molecule has 2 aromatic carbocycles. The van der Waals surface area contributed by atoms with E-state index in [-0.39, 0.29) is 22.3 Å². The first kappa shape index (κ1) is 19.1. The molecule has 0 saturated heterocycles. The molecule has 1 N–H and O–H groups in total. The van der Waals surface area contributed by atoms with Crippen LogP contribution >= 0.6 is 11.6 Å². The predicted octanol–water partition coefficient (Wildman–Crippen LogP) is 4.48. The van der Waals surface area contributed by atoms with E-state index in [2.05, 4.69) is 14.7 Å². The summed E-state index contributed by atoms with van der Waals surface area (Å²) in [7, 11) is -3.84. The Morgan fingerprint density at radius 3 is 2.19 bits per heavy atom. The molecule has 0 amide bonds. The van der Waals surface area contributed by atoms with Crippen LogP contribution in [0, 0.1) is 19.7 Å². The Labute approximate surface area is 161 Å². The van der Waals surface area contributed by atoms with Gasteiger partial charge in [0, 0.05) is 5.02 Å². The standard InChI is InChI=1S/C18H15ClFN3O3S/c1-11-17(23-27(24,25)14-9-7-13(19)8-10-14)12(2)22-18(21-11)26-16-6-4-3-5-15(16)20/h3-10,23H,1-2H3. The number of hydrogen-bond donors (Lipinski definition) is 1. The Morgan fingerprint density at radius 2 is 1.59 bits per heavy atom. The van der Waals surface area contributed by atoms with E-state index in [9.17, 15) is 12.8 Å². The zero-order chi connectivity index (χ0) is 19.6. The van der Waals surface area contributed by atoms with E-state index in [0.717, 1.165) is 0 Å². The number of ether oxygens (including phenoxy) is 1. The van der Waals surface area contributed by atoms with E-state index in [1.807, 2.05) is 0 Å². The van der Waals surface area contributed by atoms with Crippen LogP contribution < -0.4 is 9.46 Å². The molecule has 1 heterocycles. The van der Waals surface area contributed by atoms with Gasteiger partial charge in [-0.1, -0.05) is 23.7 Å². The molecule has 0 aliphatic rings. The third-order valence-corrected chi connectivity index (χ3v) is 5.27. The zero-order valence-corrected chi connectivity index (χ0v) is 16.0. The van der Waals surface area contributed by atoms with Crippen molar-refractivity contribution in [3.63, 3.8) is 0 Å². The first-order chi connectivity index (χ1) is 12.8. The van der Waals surface area contributed by atoms with Crippen LogP contribution in [0.3, 0.4) is 0 Å². The average Bonchev–Trinajstić information content (AvgIpc) is 2.61. The number of benzene rings is 2. The number of aryl methyl sites for hydroxylation is 2. The molecule has 3 aromatic rings. The van der Waals surface area contributed by atoms with Gasteiger partial charge in [-0.2, -0.15) is 9.97 Å². The van der Waals surface area contributed by atoms with Gasteiger partial charge in [0.25, 0.3) is 10.0 Å². The molecule has 9 heteroatoms. The van der Waals surface area contributed by atoms with Crippen molar-refractivity contribution < 1.29 is 17.5 Å². The van der Waals surface area contributed by atoms with Gasteiger partial charge in [0.2, 0.25) is 0 Å². The maximum atomic E-state index is 13.7. The third kappa shape index (κ3) is 4.35. The molecular formula is C18H15ClFN3O3S. The molecule has 140 valence electrons. The monoisotopic (exact) mass is 407 g/mol. The van der Waals surface area contributed by atoms with Crippen molar-refractivity contribution in [2.75, 3.05) is 4.72 Å². The maximum Gasteiger partial charge on any atom is 0.322 e. The normalized spacial score (nSPS) is 11.3. The van der Waals surface area contributed by atoms with Crippen molar-refractivity contribution in [1.29, 1.82) is 0 Å². The Bertz CT molecular complexity index is 1070. The largest absolute Gasteiger partial charge is 0.421 e. The Balaban J connectivity index is 1.89. The fourth-order valence-electron chi connectivity index (χ4n) is 2.31. The molecule has 0 unspecified atom stereocenters. The first-order valence-electron chi connectivity index (χ1n) is 7.82. The summed E-state index contributed by atoms with van der Waals surface area (Å²) in [5.41, 5.74) is 0.906. The van der Waals surface area contributed by atoms with Crippen molar-refractivity contribution in [3.05, 3.63) is 70.8 Å². The number of halogens is 2. The molecule has 27 heavy (non-hydrogen) atoms. The molecule has 0 spiro atoms. The van der Waals surface area contributed by atoms with Crippen LogP contribution in [-0.4, -0.2) is 18.4 Å². The molecule has 0 radical (unpaired) electrons. The van der Waals surface area contributed by atoms with Crippen LogP contribution in [0.4, 0.5) is 10.1 Å². The number of anilines is 1. The summed E-state index contributed by atoms with van der Waals surface area (Å²) < 4.78 is 46.6. The summed E-state index contributed by atoms with van der Waals surface area (Å²) in [5, 5.41) is 0.430. The lowest BCUT2D eigenvalue weighted by Gasteiger charge is -2.14. The van der Waals surface area contributed by atoms with Crippen LogP contribution in [0.25, 0.3) is 0 Å². The van der Waals surface area contributed by atoms with Gasteiger partial charge < -0.3 is 4.74 Å². The van der Waals surface area contributed by atoms with Gasteiger partial charge in [-0.15, -0.1) is 0 Å². The molecular weight excluding hydrogens is 393 g/mol. The summed E-state index contributed by atoms with van der Waals surface area (Å²) in [6.07, 6.45) is 0. The Morgan fingerprint density at radius 1 is 1.00 bits per heavy atom. The first-order valence-corrected chi connectivity index (χ1v) is 9.68. The number of nitrogens with one attached hydrogen (secondary N) is 1. The minimum absolute atomic E-state index is 0.0224.